The van der Waals surface area contributed by atoms with Crippen molar-refractivity contribution in [2.24, 2.45) is 0 Å². The van der Waals surface area contributed by atoms with Gasteiger partial charge in [0.25, 0.3) is 0 Å². The molecule has 0 heterocycles. The van der Waals surface area contributed by atoms with Gasteiger partial charge in [-0.15, -0.1) is 0 Å². The Kier molecular flexibility index (Phi) is 7.02. The minimum absolute atomic E-state index is 0.165. The zero-order valence-electron chi connectivity index (χ0n) is 21.4. The van der Waals surface area contributed by atoms with E-state index < -0.39 is 7.60 Å². The number of aromatic hydroxyl groups is 1. The lowest BCUT2D eigenvalue weighted by molar-refractivity contribution is 0.393. The summed E-state index contributed by atoms with van der Waals surface area (Å²) in [6.07, 6.45) is 0. The lowest BCUT2D eigenvalue weighted by atomic mass is 9.78. The van der Waals surface area contributed by atoms with Crippen LogP contribution >= 0.6 is 7.60 Å². The Hall–Kier alpha value is -3.49. The van der Waals surface area contributed by atoms with E-state index in [1.807, 2.05) is 78.9 Å². The zero-order valence-corrected chi connectivity index (χ0v) is 22.3. The molecular weight excluding hydrogens is 467 g/mol. The molecule has 0 aliphatic carbocycles. The predicted molar refractivity (Wildman–Crippen MR) is 146 cm³/mol. The maximum Gasteiger partial charge on any atom is 0.427 e. The van der Waals surface area contributed by atoms with Crippen LogP contribution in [0, 0.1) is 0 Å². The normalized spacial score (nSPS) is 13.6. The molecular formula is C31H33O4P. The van der Waals surface area contributed by atoms with Gasteiger partial charge in [0.15, 0.2) is 0 Å². The summed E-state index contributed by atoms with van der Waals surface area (Å²) in [4.78, 5) is 0. The molecule has 4 nitrogen and oxygen atoms in total. The fraction of sp³-hybridized carbons (Fsp3) is 0.226. The number of hydrogen-bond acceptors (Lipinski definition) is 4. The van der Waals surface area contributed by atoms with Crippen LogP contribution in [0.5, 0.6) is 17.2 Å². The first-order valence-electron chi connectivity index (χ1n) is 12.0. The van der Waals surface area contributed by atoms with Gasteiger partial charge in [-0.3, -0.25) is 0 Å². The van der Waals surface area contributed by atoms with Crippen molar-refractivity contribution in [2.75, 3.05) is 6.66 Å². The molecule has 4 aromatic rings. The summed E-state index contributed by atoms with van der Waals surface area (Å²) in [6, 6.07) is 32.8. The lowest BCUT2D eigenvalue weighted by Gasteiger charge is -2.27. The number of benzene rings is 4. The number of phenolic OH excluding ortho intramolecular Hbond substituents is 1. The molecule has 36 heavy (non-hydrogen) atoms. The molecule has 4 rings (SSSR count). The molecule has 0 aliphatic rings. The molecule has 186 valence electrons. The quantitative estimate of drug-likeness (QED) is 0.247. The van der Waals surface area contributed by atoms with E-state index in [9.17, 15) is 9.67 Å². The average Bonchev–Trinajstić information content (AvgIpc) is 2.85. The Balaban J connectivity index is 1.44. The molecule has 5 heteroatoms. The first-order valence-corrected chi connectivity index (χ1v) is 14.0. The van der Waals surface area contributed by atoms with Gasteiger partial charge in [-0.1, -0.05) is 94.4 Å². The van der Waals surface area contributed by atoms with E-state index in [0.29, 0.717) is 11.5 Å². The molecule has 0 aromatic heterocycles. The maximum atomic E-state index is 13.1. The second-order valence-electron chi connectivity index (χ2n) is 10.2. The summed E-state index contributed by atoms with van der Waals surface area (Å²) in [5, 5.41) is 9.58. The van der Waals surface area contributed by atoms with Crippen molar-refractivity contribution in [1.29, 1.82) is 0 Å². The van der Waals surface area contributed by atoms with Crippen LogP contribution < -0.4 is 9.05 Å². The van der Waals surface area contributed by atoms with Gasteiger partial charge in [0.05, 0.1) is 6.66 Å². The van der Waals surface area contributed by atoms with Crippen LogP contribution in [0.1, 0.15) is 49.9 Å². The monoisotopic (exact) mass is 500 g/mol. The van der Waals surface area contributed by atoms with E-state index in [0.717, 1.165) is 16.7 Å². The summed E-state index contributed by atoms with van der Waals surface area (Å²) < 4.78 is 24.7. The van der Waals surface area contributed by atoms with Crippen LogP contribution in [0.4, 0.5) is 0 Å². The molecule has 0 aliphatic heterocycles. The van der Waals surface area contributed by atoms with Crippen molar-refractivity contribution in [3.8, 4) is 17.2 Å². The van der Waals surface area contributed by atoms with Crippen molar-refractivity contribution in [3.63, 3.8) is 0 Å². The minimum atomic E-state index is -3.40. The van der Waals surface area contributed by atoms with E-state index in [-0.39, 0.29) is 16.6 Å². The number of rotatable bonds is 8. The van der Waals surface area contributed by atoms with E-state index in [1.54, 1.807) is 12.1 Å². The Bertz CT molecular complexity index is 1340. The molecule has 0 fully saturated rings. The summed E-state index contributed by atoms with van der Waals surface area (Å²) in [6.45, 7) is 10.1. The van der Waals surface area contributed by atoms with E-state index in [2.05, 4.69) is 39.8 Å². The van der Waals surface area contributed by atoms with Crippen LogP contribution in [0.2, 0.25) is 0 Å². The largest absolute Gasteiger partial charge is 0.508 e. The standard InChI is InChI=1S/C31H33O4P/c1-30(2,23-9-7-6-8-10-23)25-13-19-28(20-14-25)34-36(5,33)35-29-21-15-26(16-22-29)31(3,4)24-11-17-27(32)18-12-24/h6-22,32H,1-5H3. The van der Waals surface area contributed by atoms with Crippen molar-refractivity contribution >= 4 is 7.60 Å². The van der Waals surface area contributed by atoms with Gasteiger partial charge in [0.1, 0.15) is 17.2 Å². The Labute approximate surface area is 214 Å². The lowest BCUT2D eigenvalue weighted by Crippen LogP contribution is -2.18. The topological polar surface area (TPSA) is 55.8 Å². The summed E-state index contributed by atoms with van der Waals surface area (Å²) >= 11 is 0. The van der Waals surface area contributed by atoms with Gasteiger partial charge in [-0.2, -0.15) is 0 Å². The van der Waals surface area contributed by atoms with Gasteiger partial charge < -0.3 is 14.2 Å². The minimum Gasteiger partial charge on any atom is -0.508 e. The fourth-order valence-corrected chi connectivity index (χ4v) is 5.38. The van der Waals surface area contributed by atoms with Crippen LogP contribution in [-0.4, -0.2) is 11.8 Å². The predicted octanol–water partition coefficient (Wildman–Crippen LogP) is 8.32. The highest BCUT2D eigenvalue weighted by Gasteiger charge is 2.26. The molecule has 4 aromatic carbocycles. The van der Waals surface area contributed by atoms with Crippen LogP contribution in [0.15, 0.2) is 103 Å². The van der Waals surface area contributed by atoms with Gasteiger partial charge in [0.2, 0.25) is 0 Å². The SMILES string of the molecule is CC(C)(c1ccccc1)c1ccc(OP(C)(=O)Oc2ccc(C(C)(C)c3ccc(O)cc3)cc2)cc1. The molecule has 0 radical (unpaired) electrons. The summed E-state index contributed by atoms with van der Waals surface area (Å²) in [5.74, 6) is 1.22. The van der Waals surface area contributed by atoms with Crippen molar-refractivity contribution in [2.45, 2.75) is 38.5 Å². The van der Waals surface area contributed by atoms with Gasteiger partial charge >= 0.3 is 7.60 Å². The maximum absolute atomic E-state index is 13.1. The van der Waals surface area contributed by atoms with Gasteiger partial charge in [-0.05, 0) is 58.7 Å². The molecule has 0 saturated carbocycles. The van der Waals surface area contributed by atoms with Crippen LogP contribution in [0.25, 0.3) is 0 Å². The molecule has 1 N–H and O–H groups in total. The summed E-state index contributed by atoms with van der Waals surface area (Å²) in [5.41, 5.74) is 4.08. The third-order valence-corrected chi connectivity index (χ3v) is 7.86. The molecule has 0 spiro atoms. The highest BCUT2D eigenvalue weighted by molar-refractivity contribution is 7.53. The van der Waals surface area contributed by atoms with Crippen molar-refractivity contribution < 1.29 is 18.7 Å². The third-order valence-electron chi connectivity index (χ3n) is 6.78. The summed E-state index contributed by atoms with van der Waals surface area (Å²) in [7, 11) is -3.40. The Morgan fingerprint density at radius 3 is 1.28 bits per heavy atom. The molecule has 0 saturated heterocycles. The highest BCUT2D eigenvalue weighted by atomic mass is 31.2. The van der Waals surface area contributed by atoms with Gasteiger partial charge in [0, 0.05) is 10.8 Å². The second kappa shape index (κ2) is 9.87. The van der Waals surface area contributed by atoms with E-state index in [4.69, 9.17) is 9.05 Å². The smallest absolute Gasteiger partial charge is 0.427 e. The molecule has 0 amide bonds. The third kappa shape index (κ3) is 5.66. The first-order chi connectivity index (χ1) is 17.0. The van der Waals surface area contributed by atoms with E-state index in [1.165, 1.54) is 12.2 Å². The average molecular weight is 501 g/mol. The molecule has 1 unspecified atom stereocenters. The molecule has 1 atom stereocenters. The zero-order chi connectivity index (χ0) is 26.0. The Morgan fingerprint density at radius 1 is 0.556 bits per heavy atom. The van der Waals surface area contributed by atoms with E-state index >= 15 is 0 Å². The van der Waals surface area contributed by atoms with Crippen LogP contribution in [0.3, 0.4) is 0 Å². The highest BCUT2D eigenvalue weighted by Crippen LogP contribution is 2.46. The number of hydrogen-bond donors (Lipinski definition) is 1. The fourth-order valence-electron chi connectivity index (χ4n) is 4.33. The first kappa shape index (κ1) is 25.6. The Morgan fingerprint density at radius 2 is 0.889 bits per heavy atom. The van der Waals surface area contributed by atoms with Crippen molar-refractivity contribution in [1.82, 2.24) is 0 Å². The second-order valence-corrected chi connectivity index (χ2v) is 12.1. The van der Waals surface area contributed by atoms with Crippen molar-refractivity contribution in [3.05, 3.63) is 125 Å². The molecule has 0 bridgehead atoms. The van der Waals surface area contributed by atoms with Gasteiger partial charge in [-0.25, -0.2) is 4.57 Å². The van der Waals surface area contributed by atoms with Crippen LogP contribution in [-0.2, 0) is 15.4 Å². The number of phenols is 1.